The van der Waals surface area contributed by atoms with Gasteiger partial charge in [-0.3, -0.25) is 4.79 Å². The topological polar surface area (TPSA) is 79.0 Å². The van der Waals surface area contributed by atoms with E-state index in [2.05, 4.69) is 22.3 Å². The quantitative estimate of drug-likeness (QED) is 0.455. The van der Waals surface area contributed by atoms with Crippen LogP contribution >= 0.6 is 0 Å². The van der Waals surface area contributed by atoms with E-state index in [-0.39, 0.29) is 16.8 Å². The predicted octanol–water partition coefficient (Wildman–Crippen LogP) is 3.54. The third-order valence-corrected chi connectivity index (χ3v) is 8.69. The van der Waals surface area contributed by atoms with E-state index in [0.29, 0.717) is 50.3 Å². The van der Waals surface area contributed by atoms with Gasteiger partial charge in [-0.15, -0.1) is 0 Å². The fourth-order valence-corrected chi connectivity index (χ4v) is 6.23. The predicted molar refractivity (Wildman–Crippen MR) is 134 cm³/mol. The molecule has 2 fully saturated rings. The van der Waals surface area contributed by atoms with Gasteiger partial charge in [-0.25, -0.2) is 8.42 Å². The van der Waals surface area contributed by atoms with Crippen molar-refractivity contribution in [2.75, 3.05) is 44.2 Å². The van der Waals surface area contributed by atoms with E-state index in [0.717, 1.165) is 18.7 Å². The fourth-order valence-electron chi connectivity index (χ4n) is 4.74. The van der Waals surface area contributed by atoms with Gasteiger partial charge in [-0.05, 0) is 67.1 Å². The zero-order valence-corrected chi connectivity index (χ0v) is 20.9. The van der Waals surface area contributed by atoms with E-state index >= 15 is 0 Å². The first-order valence-electron chi connectivity index (χ1n) is 12.3. The van der Waals surface area contributed by atoms with Gasteiger partial charge in [-0.2, -0.15) is 4.31 Å². The number of nitrogens with one attached hydrogen (secondary N) is 1. The van der Waals surface area contributed by atoms with Gasteiger partial charge in [0.15, 0.2) is 0 Å². The van der Waals surface area contributed by atoms with Crippen LogP contribution in [0.5, 0.6) is 5.75 Å². The van der Waals surface area contributed by atoms with Crippen molar-refractivity contribution in [3.8, 4) is 5.75 Å². The number of piperazine rings is 1. The molecule has 2 aromatic carbocycles. The Morgan fingerprint density at radius 2 is 1.68 bits per heavy atom. The molecule has 2 aromatic rings. The molecule has 2 saturated heterocycles. The van der Waals surface area contributed by atoms with Gasteiger partial charge in [0.2, 0.25) is 10.0 Å². The van der Waals surface area contributed by atoms with Crippen molar-refractivity contribution >= 4 is 21.7 Å². The summed E-state index contributed by atoms with van der Waals surface area (Å²) in [6.45, 7) is 8.27. The molecular weight excluding hydrogens is 450 g/mol. The van der Waals surface area contributed by atoms with Crippen LogP contribution < -0.4 is 15.0 Å². The molecule has 8 heteroatoms. The SMILES string of the molecule is CCc1cc(S(=O)(=O)N2CCNCC2)ccc1OC(=O)[C@H](CC)c1ccc(N2CCCC2)cc1. The molecule has 1 N–H and O–H groups in total. The summed E-state index contributed by atoms with van der Waals surface area (Å²) in [5.74, 6) is -0.260. The summed E-state index contributed by atoms with van der Waals surface area (Å²) in [4.78, 5) is 15.7. The molecule has 4 rings (SSSR count). The number of rotatable bonds is 8. The second kappa shape index (κ2) is 10.9. The maximum atomic E-state index is 13.1. The van der Waals surface area contributed by atoms with Gasteiger partial charge in [0.1, 0.15) is 5.75 Å². The summed E-state index contributed by atoms with van der Waals surface area (Å²) in [7, 11) is -3.57. The highest BCUT2D eigenvalue weighted by Gasteiger charge is 2.27. The van der Waals surface area contributed by atoms with Crippen LogP contribution in [-0.2, 0) is 21.2 Å². The number of hydrogen-bond donors (Lipinski definition) is 1. The van der Waals surface area contributed by atoms with Crippen molar-refractivity contribution in [3.63, 3.8) is 0 Å². The molecule has 0 amide bonds. The summed E-state index contributed by atoms with van der Waals surface area (Å²) in [6.07, 6.45) is 3.63. The van der Waals surface area contributed by atoms with E-state index in [1.807, 2.05) is 26.0 Å². The molecule has 2 aliphatic heterocycles. The zero-order valence-electron chi connectivity index (χ0n) is 20.1. The van der Waals surface area contributed by atoms with Gasteiger partial charge in [0, 0.05) is 45.0 Å². The van der Waals surface area contributed by atoms with Gasteiger partial charge < -0.3 is 15.0 Å². The monoisotopic (exact) mass is 485 g/mol. The van der Waals surface area contributed by atoms with Gasteiger partial charge in [0.05, 0.1) is 10.8 Å². The average Bonchev–Trinajstić information content (AvgIpc) is 3.41. The van der Waals surface area contributed by atoms with Crippen LogP contribution in [0.4, 0.5) is 5.69 Å². The lowest BCUT2D eigenvalue weighted by Gasteiger charge is -2.27. The molecule has 0 spiro atoms. The molecule has 34 heavy (non-hydrogen) atoms. The van der Waals surface area contributed by atoms with Gasteiger partial charge in [0.25, 0.3) is 0 Å². The number of nitrogens with zero attached hydrogens (tertiary/aromatic N) is 2. The Morgan fingerprint density at radius 3 is 2.29 bits per heavy atom. The van der Waals surface area contributed by atoms with E-state index in [4.69, 9.17) is 4.74 Å². The Hall–Kier alpha value is -2.42. The lowest BCUT2D eigenvalue weighted by atomic mass is 9.96. The number of carbonyl (C=O) groups excluding carboxylic acids is 1. The van der Waals surface area contributed by atoms with Crippen molar-refractivity contribution in [2.24, 2.45) is 0 Å². The molecule has 0 aromatic heterocycles. The zero-order chi connectivity index (χ0) is 24.1. The number of hydrogen-bond acceptors (Lipinski definition) is 6. The third kappa shape index (κ3) is 5.29. The highest BCUT2D eigenvalue weighted by Crippen LogP contribution is 2.30. The fraction of sp³-hybridized carbons (Fsp3) is 0.500. The molecule has 2 heterocycles. The molecular formula is C26H35N3O4S. The lowest BCUT2D eigenvalue weighted by molar-refractivity contribution is -0.136. The number of aryl methyl sites for hydroxylation is 1. The number of anilines is 1. The first-order valence-corrected chi connectivity index (χ1v) is 13.8. The molecule has 1 atom stereocenters. The van der Waals surface area contributed by atoms with Crippen molar-refractivity contribution in [2.45, 2.75) is 50.3 Å². The van der Waals surface area contributed by atoms with E-state index in [1.165, 1.54) is 22.8 Å². The van der Waals surface area contributed by atoms with Crippen molar-refractivity contribution in [3.05, 3.63) is 53.6 Å². The van der Waals surface area contributed by atoms with Crippen LogP contribution in [0.1, 0.15) is 50.2 Å². The minimum Gasteiger partial charge on any atom is -0.426 e. The molecule has 0 unspecified atom stereocenters. The molecule has 0 saturated carbocycles. The Balaban J connectivity index is 1.49. The van der Waals surface area contributed by atoms with E-state index in [9.17, 15) is 13.2 Å². The second-order valence-electron chi connectivity index (χ2n) is 8.94. The minimum atomic E-state index is -3.57. The molecule has 0 aliphatic carbocycles. The van der Waals surface area contributed by atoms with Gasteiger partial charge in [-0.1, -0.05) is 26.0 Å². The van der Waals surface area contributed by atoms with Crippen molar-refractivity contribution in [1.82, 2.24) is 9.62 Å². The van der Waals surface area contributed by atoms with Gasteiger partial charge >= 0.3 is 5.97 Å². The standard InChI is InChI=1S/C26H35N3O4S/c1-3-20-19-23(34(31,32)29-17-13-27-14-18-29)11-12-25(20)33-26(30)24(4-2)21-7-9-22(10-8-21)28-15-5-6-16-28/h7-12,19,24,27H,3-6,13-18H2,1-2H3/t24-/m1/s1. The molecule has 2 aliphatic rings. The summed E-state index contributed by atoms with van der Waals surface area (Å²) < 4.78 is 33.4. The van der Waals surface area contributed by atoms with Crippen LogP contribution in [0.15, 0.2) is 47.4 Å². The van der Waals surface area contributed by atoms with Crippen LogP contribution in [-0.4, -0.2) is 58.0 Å². The van der Waals surface area contributed by atoms with Crippen LogP contribution in [0.2, 0.25) is 0 Å². The highest BCUT2D eigenvalue weighted by molar-refractivity contribution is 7.89. The van der Waals surface area contributed by atoms with E-state index in [1.54, 1.807) is 18.2 Å². The Bertz CT molecular complexity index is 1090. The first-order chi connectivity index (χ1) is 16.4. The van der Waals surface area contributed by atoms with Crippen LogP contribution in [0, 0.1) is 0 Å². The Labute approximate surface area is 203 Å². The maximum absolute atomic E-state index is 13.1. The van der Waals surface area contributed by atoms with E-state index < -0.39 is 10.0 Å². The third-order valence-electron chi connectivity index (χ3n) is 6.80. The smallest absolute Gasteiger partial charge is 0.318 e. The molecule has 0 radical (unpaired) electrons. The van der Waals surface area contributed by atoms with Crippen LogP contribution in [0.25, 0.3) is 0 Å². The largest absolute Gasteiger partial charge is 0.426 e. The normalized spacial score (nSPS) is 18.1. The number of benzene rings is 2. The second-order valence-corrected chi connectivity index (χ2v) is 10.9. The average molecular weight is 486 g/mol. The number of carbonyl (C=O) groups is 1. The molecule has 7 nitrogen and oxygen atoms in total. The first kappa shape index (κ1) is 24.7. The summed E-state index contributed by atoms with van der Waals surface area (Å²) >= 11 is 0. The molecule has 184 valence electrons. The number of sulfonamides is 1. The van der Waals surface area contributed by atoms with Crippen molar-refractivity contribution in [1.29, 1.82) is 0 Å². The van der Waals surface area contributed by atoms with Crippen molar-refractivity contribution < 1.29 is 17.9 Å². The Kier molecular flexibility index (Phi) is 7.91. The summed E-state index contributed by atoms with van der Waals surface area (Å²) in [5, 5.41) is 3.17. The Morgan fingerprint density at radius 1 is 1.00 bits per heavy atom. The van der Waals surface area contributed by atoms with Crippen LogP contribution in [0.3, 0.4) is 0 Å². The number of esters is 1. The maximum Gasteiger partial charge on any atom is 0.318 e. The lowest BCUT2D eigenvalue weighted by Crippen LogP contribution is -2.46. The summed E-state index contributed by atoms with van der Waals surface area (Å²) in [6, 6.07) is 13.0. The highest BCUT2D eigenvalue weighted by atomic mass is 32.2. The minimum absolute atomic E-state index is 0.246. The molecule has 0 bridgehead atoms. The summed E-state index contributed by atoms with van der Waals surface area (Å²) in [5.41, 5.74) is 2.84. The number of ether oxygens (including phenoxy) is 1.